The third-order valence-corrected chi connectivity index (χ3v) is 3.60. The molecule has 1 aliphatic heterocycles. The van der Waals surface area contributed by atoms with Crippen molar-refractivity contribution in [1.82, 2.24) is 0 Å². The lowest BCUT2D eigenvalue weighted by Gasteiger charge is -2.22. The molecule has 15 heavy (non-hydrogen) atoms. The van der Waals surface area contributed by atoms with Crippen LogP contribution in [0.3, 0.4) is 0 Å². The number of aliphatic hydroxyl groups is 1. The van der Waals surface area contributed by atoms with E-state index in [2.05, 4.69) is 0 Å². The minimum Gasteiger partial charge on any atom is -0.493 e. The van der Waals surface area contributed by atoms with Gasteiger partial charge in [-0.05, 0) is 23.3 Å². The van der Waals surface area contributed by atoms with Crippen molar-refractivity contribution in [3.63, 3.8) is 0 Å². The van der Waals surface area contributed by atoms with Crippen LogP contribution < -0.4 is 9.47 Å². The molecule has 0 bridgehead atoms. The number of rotatable bonds is 2. The standard InChI is InChI=1S/C11H14O3S/c1-13-10-3-7-5-15-6-9(12)8(7)4-11(10)14-2/h3-4,9,12H,5-6H2,1-2H3/t9-/m0/s1. The molecule has 1 aromatic carbocycles. The molecule has 1 aromatic rings. The maximum Gasteiger partial charge on any atom is 0.161 e. The van der Waals surface area contributed by atoms with E-state index in [0.717, 1.165) is 28.4 Å². The molecular weight excluding hydrogens is 212 g/mol. The largest absolute Gasteiger partial charge is 0.493 e. The second-order valence-electron chi connectivity index (χ2n) is 3.44. The summed E-state index contributed by atoms with van der Waals surface area (Å²) in [6.07, 6.45) is -0.390. The molecule has 0 amide bonds. The topological polar surface area (TPSA) is 38.7 Å². The van der Waals surface area contributed by atoms with Crippen molar-refractivity contribution < 1.29 is 14.6 Å². The fourth-order valence-electron chi connectivity index (χ4n) is 1.74. The number of hydrogen-bond acceptors (Lipinski definition) is 4. The zero-order chi connectivity index (χ0) is 10.8. The van der Waals surface area contributed by atoms with Crippen LogP contribution in [-0.4, -0.2) is 25.1 Å². The average Bonchev–Trinajstić information content (AvgIpc) is 2.28. The van der Waals surface area contributed by atoms with Crippen molar-refractivity contribution in [2.24, 2.45) is 0 Å². The highest BCUT2D eigenvalue weighted by molar-refractivity contribution is 7.98. The van der Waals surface area contributed by atoms with Crippen molar-refractivity contribution in [1.29, 1.82) is 0 Å². The van der Waals surface area contributed by atoms with Crippen LogP contribution in [0.2, 0.25) is 0 Å². The predicted octanol–water partition coefficient (Wildman–Crippen LogP) is 1.98. The lowest BCUT2D eigenvalue weighted by atomic mass is 10.0. The molecule has 3 nitrogen and oxygen atoms in total. The van der Waals surface area contributed by atoms with Crippen molar-refractivity contribution in [3.8, 4) is 11.5 Å². The van der Waals surface area contributed by atoms with Crippen molar-refractivity contribution in [2.45, 2.75) is 11.9 Å². The average molecular weight is 226 g/mol. The van der Waals surface area contributed by atoms with E-state index in [1.807, 2.05) is 12.1 Å². The van der Waals surface area contributed by atoms with Gasteiger partial charge < -0.3 is 14.6 Å². The summed E-state index contributed by atoms with van der Waals surface area (Å²) >= 11 is 1.73. The number of fused-ring (bicyclic) bond motifs is 1. The summed E-state index contributed by atoms with van der Waals surface area (Å²) in [5.41, 5.74) is 2.10. The monoisotopic (exact) mass is 226 g/mol. The molecule has 1 atom stereocenters. The number of aliphatic hydroxyl groups excluding tert-OH is 1. The smallest absolute Gasteiger partial charge is 0.161 e. The third-order valence-electron chi connectivity index (χ3n) is 2.54. The minimum absolute atomic E-state index is 0.390. The fraction of sp³-hybridized carbons (Fsp3) is 0.455. The van der Waals surface area contributed by atoms with Gasteiger partial charge in [0.15, 0.2) is 11.5 Å². The van der Waals surface area contributed by atoms with Gasteiger partial charge in [0.05, 0.1) is 20.3 Å². The maximum absolute atomic E-state index is 9.83. The molecule has 0 aromatic heterocycles. The second-order valence-corrected chi connectivity index (χ2v) is 4.47. The Labute approximate surface area is 93.4 Å². The number of methoxy groups -OCH3 is 2. The first-order valence-electron chi connectivity index (χ1n) is 4.77. The molecular formula is C11H14O3S. The van der Waals surface area contributed by atoms with Crippen LogP contribution in [0.25, 0.3) is 0 Å². The summed E-state index contributed by atoms with van der Waals surface area (Å²) in [4.78, 5) is 0. The first-order valence-corrected chi connectivity index (χ1v) is 5.92. The van der Waals surface area contributed by atoms with Gasteiger partial charge in [0.25, 0.3) is 0 Å². The number of hydrogen-bond donors (Lipinski definition) is 1. The van der Waals surface area contributed by atoms with E-state index in [4.69, 9.17) is 9.47 Å². The summed E-state index contributed by atoms with van der Waals surface area (Å²) in [7, 11) is 3.23. The Kier molecular flexibility index (Phi) is 3.07. The number of thioether (sulfide) groups is 1. The summed E-state index contributed by atoms with van der Waals surface area (Å²) in [6, 6.07) is 3.82. The Morgan fingerprint density at radius 1 is 1.27 bits per heavy atom. The van der Waals surface area contributed by atoms with E-state index < -0.39 is 6.10 Å². The highest BCUT2D eigenvalue weighted by Gasteiger charge is 2.21. The third kappa shape index (κ3) is 1.92. The quantitative estimate of drug-likeness (QED) is 0.837. The molecule has 0 radical (unpaired) electrons. The molecule has 4 heteroatoms. The molecule has 2 rings (SSSR count). The Hall–Kier alpha value is -0.870. The molecule has 1 heterocycles. The van der Waals surface area contributed by atoms with Crippen LogP contribution >= 0.6 is 11.8 Å². The van der Waals surface area contributed by atoms with E-state index in [9.17, 15) is 5.11 Å². The zero-order valence-corrected chi connectivity index (χ0v) is 9.63. The molecule has 82 valence electrons. The highest BCUT2D eigenvalue weighted by Crippen LogP contribution is 2.38. The van der Waals surface area contributed by atoms with Gasteiger partial charge in [0.2, 0.25) is 0 Å². The zero-order valence-electron chi connectivity index (χ0n) is 8.82. The minimum atomic E-state index is -0.390. The van der Waals surface area contributed by atoms with Gasteiger partial charge in [-0.1, -0.05) is 0 Å². The van der Waals surface area contributed by atoms with E-state index in [1.165, 1.54) is 0 Å². The van der Waals surface area contributed by atoms with Crippen molar-refractivity contribution in [3.05, 3.63) is 23.3 Å². The van der Waals surface area contributed by atoms with Gasteiger partial charge in [-0.3, -0.25) is 0 Å². The lowest BCUT2D eigenvalue weighted by molar-refractivity contribution is 0.201. The highest BCUT2D eigenvalue weighted by atomic mass is 32.2. The van der Waals surface area contributed by atoms with Crippen LogP contribution in [0.15, 0.2) is 12.1 Å². The van der Waals surface area contributed by atoms with Gasteiger partial charge in [0, 0.05) is 11.5 Å². The summed E-state index contributed by atoms with van der Waals surface area (Å²) in [5, 5.41) is 9.83. The van der Waals surface area contributed by atoms with Crippen molar-refractivity contribution in [2.75, 3.05) is 20.0 Å². The summed E-state index contributed by atoms with van der Waals surface area (Å²) in [6.45, 7) is 0. The molecule has 1 N–H and O–H groups in total. The van der Waals surface area contributed by atoms with Crippen LogP contribution in [0.4, 0.5) is 0 Å². The van der Waals surface area contributed by atoms with Gasteiger partial charge in [-0.25, -0.2) is 0 Å². The van der Waals surface area contributed by atoms with Crippen LogP contribution in [0.5, 0.6) is 11.5 Å². The Bertz CT molecular complexity index is 365. The summed E-state index contributed by atoms with van der Waals surface area (Å²) < 4.78 is 10.4. The van der Waals surface area contributed by atoms with Gasteiger partial charge >= 0.3 is 0 Å². The van der Waals surface area contributed by atoms with Gasteiger partial charge in [0.1, 0.15) is 0 Å². The van der Waals surface area contributed by atoms with Gasteiger partial charge in [-0.15, -0.1) is 0 Å². The number of ether oxygens (including phenoxy) is 2. The Morgan fingerprint density at radius 2 is 1.93 bits per heavy atom. The molecule has 0 saturated heterocycles. The molecule has 0 aliphatic carbocycles. The van der Waals surface area contributed by atoms with E-state index in [-0.39, 0.29) is 0 Å². The van der Waals surface area contributed by atoms with Gasteiger partial charge in [-0.2, -0.15) is 11.8 Å². The molecule has 0 unspecified atom stereocenters. The van der Waals surface area contributed by atoms with Crippen LogP contribution in [0, 0.1) is 0 Å². The summed E-state index contributed by atoms with van der Waals surface area (Å²) in [5.74, 6) is 3.09. The first kappa shape index (κ1) is 10.6. The molecule has 0 spiro atoms. The van der Waals surface area contributed by atoms with Crippen molar-refractivity contribution >= 4 is 11.8 Å². The Balaban J connectivity index is 2.48. The van der Waals surface area contributed by atoms with E-state index in [0.29, 0.717) is 5.75 Å². The second kappa shape index (κ2) is 4.33. The molecule has 0 fully saturated rings. The normalized spacial score (nSPS) is 19.5. The van der Waals surface area contributed by atoms with Crippen LogP contribution in [-0.2, 0) is 5.75 Å². The first-order chi connectivity index (χ1) is 7.26. The lowest BCUT2D eigenvalue weighted by Crippen LogP contribution is -2.10. The molecule has 0 saturated carbocycles. The molecule has 1 aliphatic rings. The SMILES string of the molecule is COc1cc2c(cc1OC)[C@@H](O)CSC2. The van der Waals surface area contributed by atoms with E-state index in [1.54, 1.807) is 26.0 Å². The maximum atomic E-state index is 9.83. The Morgan fingerprint density at radius 3 is 2.60 bits per heavy atom. The van der Waals surface area contributed by atoms with E-state index >= 15 is 0 Å². The number of benzene rings is 1. The fourth-order valence-corrected chi connectivity index (χ4v) is 2.73. The predicted molar refractivity (Wildman–Crippen MR) is 60.7 cm³/mol. The van der Waals surface area contributed by atoms with Crippen LogP contribution in [0.1, 0.15) is 17.2 Å².